The van der Waals surface area contributed by atoms with Crippen LogP contribution >= 0.6 is 11.3 Å². The minimum Gasteiger partial charge on any atom is -0.441 e. The summed E-state index contributed by atoms with van der Waals surface area (Å²) in [5.41, 5.74) is 1.19. The third-order valence-corrected chi connectivity index (χ3v) is 5.44. The molecule has 4 rings (SSSR count). The maximum absolute atomic E-state index is 12.8. The van der Waals surface area contributed by atoms with Gasteiger partial charge in [0.05, 0.1) is 6.54 Å². The molecule has 0 unspecified atom stereocenters. The zero-order valence-corrected chi connectivity index (χ0v) is 13.8. The second-order valence-electron chi connectivity index (χ2n) is 6.14. The zero-order chi connectivity index (χ0) is 16.6. The molecule has 0 radical (unpaired) electrons. The number of alkyl carbamates (subject to hydrolysis) is 1. The van der Waals surface area contributed by atoms with Crippen molar-refractivity contribution < 1.29 is 14.3 Å². The van der Waals surface area contributed by atoms with Gasteiger partial charge in [-0.1, -0.05) is 12.1 Å². The fraction of sp³-hybridized carbons (Fsp3) is 0.353. The topological polar surface area (TPSA) is 71.5 Å². The highest BCUT2D eigenvalue weighted by Gasteiger charge is 2.43. The molecule has 24 heavy (non-hydrogen) atoms. The average Bonchev–Trinajstić information content (AvgIpc) is 3.26. The minimum atomic E-state index is -0.434. The quantitative estimate of drug-likeness (QED) is 0.909. The van der Waals surface area contributed by atoms with Gasteiger partial charge in [0.15, 0.2) is 0 Å². The van der Waals surface area contributed by atoms with Crippen LogP contribution in [0.15, 0.2) is 35.8 Å². The second-order valence-corrected chi connectivity index (χ2v) is 7.03. The molecule has 1 aromatic heterocycles. The van der Waals surface area contributed by atoms with Crippen molar-refractivity contribution in [1.29, 1.82) is 0 Å². The molecule has 3 heterocycles. The molecular formula is C17H17N3O3S. The van der Waals surface area contributed by atoms with E-state index in [9.17, 15) is 9.59 Å². The van der Waals surface area contributed by atoms with E-state index in [0.29, 0.717) is 38.0 Å². The van der Waals surface area contributed by atoms with Crippen LogP contribution in [0.1, 0.15) is 23.2 Å². The Kier molecular flexibility index (Phi) is 3.72. The lowest BCUT2D eigenvalue weighted by molar-refractivity contribution is 0.00331. The number of benzene rings is 1. The lowest BCUT2D eigenvalue weighted by atomic mass is 9.91. The number of nitrogens with one attached hydrogen (secondary N) is 1. The van der Waals surface area contributed by atoms with Crippen molar-refractivity contribution in [2.75, 3.05) is 19.6 Å². The summed E-state index contributed by atoms with van der Waals surface area (Å²) < 4.78 is 5.40. The summed E-state index contributed by atoms with van der Waals surface area (Å²) in [4.78, 5) is 30.2. The van der Waals surface area contributed by atoms with Crippen molar-refractivity contribution in [1.82, 2.24) is 15.2 Å². The van der Waals surface area contributed by atoms with Gasteiger partial charge in [0, 0.05) is 48.6 Å². The van der Waals surface area contributed by atoms with E-state index in [0.717, 1.165) is 10.6 Å². The fourth-order valence-corrected chi connectivity index (χ4v) is 3.87. The molecule has 2 aliphatic rings. The number of carbonyl (C=O) groups is 2. The van der Waals surface area contributed by atoms with Crippen molar-refractivity contribution in [3.8, 4) is 10.6 Å². The standard InChI is InChI=1S/C17H17N3O3S/c21-15(13-3-1-2-12(10-13)14-18-6-9-24-14)20-7-4-17(5-8-20)11-19-16(22)23-17/h1-3,6,9-10H,4-5,7-8,11H2,(H,19,22). The summed E-state index contributed by atoms with van der Waals surface area (Å²) in [6, 6.07) is 7.58. The van der Waals surface area contributed by atoms with Gasteiger partial charge in [-0.15, -0.1) is 11.3 Å². The minimum absolute atomic E-state index is 0.0144. The number of hydrogen-bond donors (Lipinski definition) is 1. The Morgan fingerprint density at radius 2 is 2.17 bits per heavy atom. The molecule has 0 atom stereocenters. The van der Waals surface area contributed by atoms with Gasteiger partial charge in [-0.2, -0.15) is 0 Å². The van der Waals surface area contributed by atoms with Crippen LogP contribution in [0, 0.1) is 0 Å². The van der Waals surface area contributed by atoms with Crippen LogP contribution < -0.4 is 5.32 Å². The van der Waals surface area contributed by atoms with Gasteiger partial charge in [0.2, 0.25) is 0 Å². The number of piperidine rings is 1. The van der Waals surface area contributed by atoms with Crippen molar-refractivity contribution in [3.05, 3.63) is 41.4 Å². The molecule has 2 aromatic rings. The molecule has 2 aliphatic heterocycles. The molecule has 0 saturated carbocycles. The number of thiazole rings is 1. The molecule has 1 aromatic carbocycles. The Morgan fingerprint density at radius 1 is 1.33 bits per heavy atom. The van der Waals surface area contributed by atoms with E-state index in [4.69, 9.17) is 4.74 Å². The van der Waals surface area contributed by atoms with Gasteiger partial charge >= 0.3 is 6.09 Å². The largest absolute Gasteiger partial charge is 0.441 e. The Labute approximate surface area is 143 Å². The lowest BCUT2D eigenvalue weighted by Crippen LogP contribution is -2.48. The van der Waals surface area contributed by atoms with E-state index in [1.807, 2.05) is 34.5 Å². The first kappa shape index (κ1) is 15.1. The molecule has 6 nitrogen and oxygen atoms in total. The van der Waals surface area contributed by atoms with E-state index in [1.54, 1.807) is 17.5 Å². The number of aromatic nitrogens is 1. The van der Waals surface area contributed by atoms with Gasteiger partial charge in [0.1, 0.15) is 10.6 Å². The van der Waals surface area contributed by atoms with E-state index < -0.39 is 5.60 Å². The monoisotopic (exact) mass is 343 g/mol. The van der Waals surface area contributed by atoms with E-state index >= 15 is 0 Å². The van der Waals surface area contributed by atoms with E-state index in [1.165, 1.54) is 0 Å². The van der Waals surface area contributed by atoms with E-state index in [-0.39, 0.29) is 12.0 Å². The molecule has 124 valence electrons. The van der Waals surface area contributed by atoms with Crippen LogP contribution in [0.2, 0.25) is 0 Å². The summed E-state index contributed by atoms with van der Waals surface area (Å²) in [5.74, 6) is 0.0144. The molecule has 0 bridgehead atoms. The van der Waals surface area contributed by atoms with Gasteiger partial charge in [-0.3, -0.25) is 4.79 Å². The van der Waals surface area contributed by atoms with Gasteiger partial charge in [-0.05, 0) is 12.1 Å². The first-order chi connectivity index (χ1) is 11.7. The van der Waals surface area contributed by atoms with Crippen molar-refractivity contribution in [3.63, 3.8) is 0 Å². The summed E-state index contributed by atoms with van der Waals surface area (Å²) in [7, 11) is 0. The number of rotatable bonds is 2. The van der Waals surface area contributed by atoms with Crippen molar-refractivity contribution in [2.45, 2.75) is 18.4 Å². The Bertz CT molecular complexity index is 767. The summed E-state index contributed by atoms with van der Waals surface area (Å²) in [6.07, 6.45) is 2.74. The number of nitrogens with zero attached hydrogens (tertiary/aromatic N) is 2. The van der Waals surface area contributed by atoms with Crippen LogP contribution in [0.4, 0.5) is 4.79 Å². The summed E-state index contributed by atoms with van der Waals surface area (Å²) in [6.45, 7) is 1.72. The Balaban J connectivity index is 1.47. The highest BCUT2D eigenvalue weighted by Crippen LogP contribution is 2.30. The summed E-state index contributed by atoms with van der Waals surface area (Å²) in [5, 5.41) is 5.54. The van der Waals surface area contributed by atoms with E-state index in [2.05, 4.69) is 10.3 Å². The third-order valence-electron chi connectivity index (χ3n) is 4.61. The van der Waals surface area contributed by atoms with Crippen LogP contribution in [-0.2, 0) is 4.74 Å². The van der Waals surface area contributed by atoms with Gasteiger partial charge in [0.25, 0.3) is 5.91 Å². The number of ether oxygens (including phenoxy) is 1. The average molecular weight is 343 g/mol. The highest BCUT2D eigenvalue weighted by molar-refractivity contribution is 7.13. The predicted molar refractivity (Wildman–Crippen MR) is 89.9 cm³/mol. The van der Waals surface area contributed by atoms with Gasteiger partial charge in [-0.25, -0.2) is 9.78 Å². The molecule has 1 spiro atoms. The van der Waals surface area contributed by atoms with Crippen LogP contribution in [0.25, 0.3) is 10.6 Å². The molecular weight excluding hydrogens is 326 g/mol. The van der Waals surface area contributed by atoms with Gasteiger partial charge < -0.3 is 15.0 Å². The first-order valence-electron chi connectivity index (χ1n) is 7.91. The molecule has 2 fully saturated rings. The van der Waals surface area contributed by atoms with Crippen LogP contribution in [0.3, 0.4) is 0 Å². The lowest BCUT2D eigenvalue weighted by Gasteiger charge is -2.37. The SMILES string of the molecule is O=C1NCC2(CCN(C(=O)c3cccc(-c4nccs4)c3)CC2)O1. The highest BCUT2D eigenvalue weighted by atomic mass is 32.1. The maximum Gasteiger partial charge on any atom is 0.407 e. The zero-order valence-electron chi connectivity index (χ0n) is 13.0. The molecule has 2 amide bonds. The maximum atomic E-state index is 12.8. The summed E-state index contributed by atoms with van der Waals surface area (Å²) >= 11 is 1.55. The van der Waals surface area contributed by atoms with Crippen molar-refractivity contribution >= 4 is 23.3 Å². The Hall–Kier alpha value is -2.41. The fourth-order valence-electron chi connectivity index (χ4n) is 3.23. The Morgan fingerprint density at radius 3 is 2.83 bits per heavy atom. The number of carbonyl (C=O) groups excluding carboxylic acids is 2. The third kappa shape index (κ3) is 2.75. The number of hydrogen-bond acceptors (Lipinski definition) is 5. The number of amides is 2. The smallest absolute Gasteiger partial charge is 0.407 e. The van der Waals surface area contributed by atoms with Crippen LogP contribution in [0.5, 0.6) is 0 Å². The number of likely N-dealkylation sites (tertiary alicyclic amines) is 1. The van der Waals surface area contributed by atoms with Crippen LogP contribution in [-0.4, -0.2) is 47.1 Å². The molecule has 1 N–H and O–H groups in total. The molecule has 0 aliphatic carbocycles. The molecule has 7 heteroatoms. The second kappa shape index (κ2) is 5.90. The predicted octanol–water partition coefficient (Wildman–Crippen LogP) is 2.52. The normalized spacial score (nSPS) is 19.2. The first-order valence-corrected chi connectivity index (χ1v) is 8.79. The molecule has 2 saturated heterocycles. The van der Waals surface area contributed by atoms with Crippen molar-refractivity contribution in [2.24, 2.45) is 0 Å².